The van der Waals surface area contributed by atoms with Gasteiger partial charge in [0.15, 0.2) is 0 Å². The Morgan fingerprint density at radius 3 is 2.15 bits per heavy atom. The molecule has 7 nitrogen and oxygen atoms in total. The molecule has 1 aliphatic heterocycles. The van der Waals surface area contributed by atoms with Crippen molar-refractivity contribution in [1.82, 2.24) is 9.21 Å². The van der Waals surface area contributed by atoms with Crippen LogP contribution in [0.15, 0.2) is 35.2 Å². The van der Waals surface area contributed by atoms with E-state index in [2.05, 4.69) is 0 Å². The lowest BCUT2D eigenvalue weighted by Crippen LogP contribution is -2.47. The minimum absolute atomic E-state index is 0.0462. The number of hydrogen-bond acceptors (Lipinski definition) is 4. The van der Waals surface area contributed by atoms with Crippen molar-refractivity contribution in [3.8, 4) is 0 Å². The zero-order valence-electron chi connectivity index (χ0n) is 19.5. The molecule has 2 aromatic carbocycles. The molecule has 0 unspecified atom stereocenters. The highest BCUT2D eigenvalue weighted by Gasteiger charge is 2.33. The van der Waals surface area contributed by atoms with Gasteiger partial charge in [-0.05, 0) is 62.4 Å². The maximum absolute atomic E-state index is 13.8. The fraction of sp³-hybridized carbons (Fsp3) is 0.417. The Morgan fingerprint density at radius 1 is 1.03 bits per heavy atom. The van der Waals surface area contributed by atoms with Crippen LogP contribution in [0.1, 0.15) is 35.1 Å². The van der Waals surface area contributed by atoms with Gasteiger partial charge in [0, 0.05) is 25.6 Å². The van der Waals surface area contributed by atoms with Crippen LogP contribution in [0.25, 0.3) is 0 Å². The van der Waals surface area contributed by atoms with Gasteiger partial charge in [-0.1, -0.05) is 47.0 Å². The highest BCUT2D eigenvalue weighted by atomic mass is 35.5. The average Bonchev–Trinajstić information content (AvgIpc) is 2.74. The summed E-state index contributed by atoms with van der Waals surface area (Å²) in [5.41, 5.74) is 8.19. The predicted molar refractivity (Wildman–Crippen MR) is 133 cm³/mol. The molecule has 34 heavy (non-hydrogen) atoms. The number of primary amides is 1. The van der Waals surface area contributed by atoms with E-state index in [1.54, 1.807) is 36.9 Å². The van der Waals surface area contributed by atoms with Crippen molar-refractivity contribution in [1.29, 1.82) is 0 Å². The number of rotatable bonds is 7. The number of aryl methyl sites for hydroxylation is 3. The fourth-order valence-electron chi connectivity index (χ4n) is 4.43. The summed E-state index contributed by atoms with van der Waals surface area (Å²) in [4.78, 5) is 26.4. The predicted octanol–water partition coefficient (Wildman–Crippen LogP) is 3.83. The van der Waals surface area contributed by atoms with E-state index in [1.165, 1.54) is 4.31 Å². The first-order chi connectivity index (χ1) is 15.9. The van der Waals surface area contributed by atoms with E-state index in [9.17, 15) is 18.0 Å². The molecule has 1 fully saturated rings. The van der Waals surface area contributed by atoms with Crippen LogP contribution in [0.4, 0.5) is 0 Å². The smallest absolute Gasteiger partial charge is 0.244 e. The molecule has 1 heterocycles. The number of carbonyl (C=O) groups excluding carboxylic acids is 2. The van der Waals surface area contributed by atoms with Gasteiger partial charge in [-0.15, -0.1) is 0 Å². The standard InChI is InChI=1S/C24H29Cl2N3O4S/c1-15-10-16(2)23(17(3)11-15)34(32,33)29(13-18-4-5-20(25)21(26)12-18)14-22(30)28-8-6-19(7-9-28)24(27)31/h4-5,10-12,19H,6-9,13-14H2,1-3H3,(H2,27,31). The summed E-state index contributed by atoms with van der Waals surface area (Å²) in [6, 6.07) is 8.52. The van der Waals surface area contributed by atoms with Crippen LogP contribution in [0.5, 0.6) is 0 Å². The largest absolute Gasteiger partial charge is 0.369 e. The first kappa shape index (κ1) is 26.5. The van der Waals surface area contributed by atoms with Crippen molar-refractivity contribution in [3.05, 3.63) is 62.6 Å². The minimum Gasteiger partial charge on any atom is -0.369 e. The molecule has 1 aliphatic rings. The molecule has 0 radical (unpaired) electrons. The van der Waals surface area contributed by atoms with Gasteiger partial charge in [-0.3, -0.25) is 9.59 Å². The normalized spacial score (nSPS) is 15.1. The molecule has 2 amide bonds. The molecule has 2 aromatic rings. The third kappa shape index (κ3) is 5.92. The first-order valence-electron chi connectivity index (χ1n) is 11.0. The SMILES string of the molecule is Cc1cc(C)c(S(=O)(=O)N(CC(=O)N2CCC(C(N)=O)CC2)Cc2ccc(Cl)c(Cl)c2)c(C)c1. The molecule has 184 valence electrons. The van der Waals surface area contributed by atoms with Crippen molar-refractivity contribution in [3.63, 3.8) is 0 Å². The average molecular weight is 526 g/mol. The maximum atomic E-state index is 13.8. The number of benzene rings is 2. The van der Waals surface area contributed by atoms with Crippen molar-refractivity contribution < 1.29 is 18.0 Å². The Bertz CT molecular complexity index is 1190. The highest BCUT2D eigenvalue weighted by molar-refractivity contribution is 7.89. The second-order valence-electron chi connectivity index (χ2n) is 8.81. The summed E-state index contributed by atoms with van der Waals surface area (Å²) in [5, 5.41) is 0.664. The molecular weight excluding hydrogens is 497 g/mol. The van der Waals surface area contributed by atoms with Crippen LogP contribution in [-0.4, -0.2) is 49.1 Å². The van der Waals surface area contributed by atoms with Crippen LogP contribution in [-0.2, 0) is 26.2 Å². The Kier molecular flexibility index (Phi) is 8.29. The number of amides is 2. The van der Waals surface area contributed by atoms with Gasteiger partial charge in [0.05, 0.1) is 21.5 Å². The minimum atomic E-state index is -4.02. The summed E-state index contributed by atoms with van der Waals surface area (Å²) >= 11 is 12.2. The van der Waals surface area contributed by atoms with Crippen molar-refractivity contribution in [2.24, 2.45) is 11.7 Å². The molecule has 3 rings (SSSR count). The van der Waals surface area contributed by atoms with E-state index in [-0.39, 0.29) is 35.7 Å². The molecule has 2 N–H and O–H groups in total. The number of hydrogen-bond donors (Lipinski definition) is 1. The molecule has 0 aliphatic carbocycles. The molecular formula is C24H29Cl2N3O4S. The van der Waals surface area contributed by atoms with Crippen molar-refractivity contribution in [2.45, 2.75) is 45.1 Å². The van der Waals surface area contributed by atoms with E-state index >= 15 is 0 Å². The molecule has 0 bridgehead atoms. The monoisotopic (exact) mass is 525 g/mol. The number of nitrogens with zero attached hydrogens (tertiary/aromatic N) is 2. The van der Waals surface area contributed by atoms with Gasteiger partial charge >= 0.3 is 0 Å². The number of halogens is 2. The Labute approximate surface area is 210 Å². The number of piperidine rings is 1. The number of likely N-dealkylation sites (tertiary alicyclic amines) is 1. The van der Waals surface area contributed by atoms with Gasteiger partial charge in [-0.25, -0.2) is 8.42 Å². The van der Waals surface area contributed by atoms with Crippen molar-refractivity contribution >= 4 is 45.0 Å². The van der Waals surface area contributed by atoms with E-state index in [1.807, 2.05) is 19.1 Å². The summed E-state index contributed by atoms with van der Waals surface area (Å²) < 4.78 is 28.9. The molecule has 0 saturated carbocycles. The third-order valence-electron chi connectivity index (χ3n) is 6.11. The Balaban J connectivity index is 1.93. The van der Waals surface area contributed by atoms with E-state index in [0.29, 0.717) is 52.7 Å². The molecule has 1 saturated heterocycles. The van der Waals surface area contributed by atoms with E-state index in [0.717, 1.165) is 5.56 Å². The van der Waals surface area contributed by atoms with Crippen LogP contribution in [0, 0.1) is 26.7 Å². The van der Waals surface area contributed by atoms with Gasteiger partial charge in [-0.2, -0.15) is 4.31 Å². The molecule has 0 atom stereocenters. The van der Waals surface area contributed by atoms with Crippen LogP contribution >= 0.6 is 23.2 Å². The molecule has 0 aromatic heterocycles. The lowest BCUT2D eigenvalue weighted by Gasteiger charge is -2.32. The number of carbonyl (C=O) groups is 2. The topological polar surface area (TPSA) is 101 Å². The lowest BCUT2D eigenvalue weighted by atomic mass is 9.96. The quantitative estimate of drug-likeness (QED) is 0.593. The second-order valence-corrected chi connectivity index (χ2v) is 11.5. The van der Waals surface area contributed by atoms with Crippen LogP contribution in [0.3, 0.4) is 0 Å². The fourth-order valence-corrected chi connectivity index (χ4v) is 6.54. The first-order valence-corrected chi connectivity index (χ1v) is 13.2. The third-order valence-corrected chi connectivity index (χ3v) is 8.94. The highest BCUT2D eigenvalue weighted by Crippen LogP contribution is 2.29. The van der Waals surface area contributed by atoms with E-state index < -0.39 is 10.0 Å². The zero-order valence-corrected chi connectivity index (χ0v) is 21.8. The number of sulfonamides is 1. The van der Waals surface area contributed by atoms with Crippen molar-refractivity contribution in [2.75, 3.05) is 19.6 Å². The van der Waals surface area contributed by atoms with Gasteiger partial charge in [0.1, 0.15) is 0 Å². The zero-order chi connectivity index (χ0) is 25.2. The number of nitrogens with two attached hydrogens (primary N) is 1. The van der Waals surface area contributed by atoms with Gasteiger partial charge in [0.2, 0.25) is 21.8 Å². The maximum Gasteiger partial charge on any atom is 0.244 e. The summed E-state index contributed by atoms with van der Waals surface area (Å²) in [6.45, 7) is 5.74. The van der Waals surface area contributed by atoms with Gasteiger partial charge in [0.25, 0.3) is 0 Å². The van der Waals surface area contributed by atoms with E-state index in [4.69, 9.17) is 28.9 Å². The summed E-state index contributed by atoms with van der Waals surface area (Å²) in [6.07, 6.45) is 0.938. The lowest BCUT2D eigenvalue weighted by molar-refractivity contribution is -0.135. The second kappa shape index (κ2) is 10.6. The molecule has 0 spiro atoms. The summed E-state index contributed by atoms with van der Waals surface area (Å²) in [5.74, 6) is -0.965. The Hall–Kier alpha value is -2.13. The summed E-state index contributed by atoms with van der Waals surface area (Å²) in [7, 11) is -4.02. The molecule has 10 heteroatoms. The van der Waals surface area contributed by atoms with Crippen LogP contribution < -0.4 is 5.73 Å². The van der Waals surface area contributed by atoms with Crippen LogP contribution in [0.2, 0.25) is 10.0 Å². The van der Waals surface area contributed by atoms with Gasteiger partial charge < -0.3 is 10.6 Å². The Morgan fingerprint density at radius 2 is 1.62 bits per heavy atom.